The first-order chi connectivity index (χ1) is 14.3. The number of benzene rings is 2. The average molecular weight is 420 g/mol. The van der Waals surface area contributed by atoms with E-state index in [1.54, 1.807) is 31.4 Å². The van der Waals surface area contributed by atoms with Crippen LogP contribution in [0.1, 0.15) is 23.5 Å². The van der Waals surface area contributed by atoms with Crippen molar-refractivity contribution in [3.05, 3.63) is 59.2 Å². The number of carbonyl (C=O) groups is 2. The lowest BCUT2D eigenvalue weighted by atomic mass is 9.84. The number of carbonyl (C=O) groups excluding carboxylic acids is 1. The van der Waals surface area contributed by atoms with Crippen LogP contribution in [0.3, 0.4) is 0 Å². The van der Waals surface area contributed by atoms with Gasteiger partial charge in [-0.25, -0.2) is 13.6 Å². The van der Waals surface area contributed by atoms with E-state index in [2.05, 4.69) is 5.32 Å². The zero-order chi connectivity index (χ0) is 21.8. The van der Waals surface area contributed by atoms with Crippen LogP contribution in [0.2, 0.25) is 0 Å². The zero-order valence-corrected chi connectivity index (χ0v) is 16.5. The Kier molecular flexibility index (Phi) is 6.39. The van der Waals surface area contributed by atoms with E-state index in [1.807, 2.05) is 0 Å². The van der Waals surface area contributed by atoms with Gasteiger partial charge in [0.15, 0.2) is 0 Å². The minimum atomic E-state index is -1.34. The van der Waals surface area contributed by atoms with Crippen LogP contribution in [-0.2, 0) is 11.3 Å². The van der Waals surface area contributed by atoms with E-state index in [4.69, 9.17) is 9.47 Å². The Morgan fingerprint density at radius 1 is 1.13 bits per heavy atom. The molecule has 7 nitrogen and oxygen atoms in total. The molecule has 3 rings (SSSR count). The molecule has 0 bridgehead atoms. The lowest BCUT2D eigenvalue weighted by Crippen LogP contribution is -2.53. The fourth-order valence-electron chi connectivity index (χ4n) is 3.67. The van der Waals surface area contributed by atoms with Crippen molar-refractivity contribution >= 4 is 12.0 Å². The number of nitrogens with one attached hydrogen (secondary N) is 1. The summed E-state index contributed by atoms with van der Waals surface area (Å²) in [6, 6.07) is 8.25. The molecule has 1 aliphatic rings. The Balaban J connectivity index is 1.86. The maximum atomic E-state index is 14.6. The predicted molar refractivity (Wildman–Crippen MR) is 104 cm³/mol. The summed E-state index contributed by atoms with van der Waals surface area (Å²) in [6.45, 7) is 0.216. The number of amides is 2. The van der Waals surface area contributed by atoms with Gasteiger partial charge in [0, 0.05) is 43.1 Å². The molecule has 2 N–H and O–H groups in total. The number of ether oxygens (including phenoxy) is 2. The monoisotopic (exact) mass is 420 g/mol. The molecule has 0 spiro atoms. The summed E-state index contributed by atoms with van der Waals surface area (Å²) in [7, 11) is 2.83. The summed E-state index contributed by atoms with van der Waals surface area (Å²) < 4.78 is 39.2. The Morgan fingerprint density at radius 2 is 1.73 bits per heavy atom. The molecule has 2 atom stereocenters. The van der Waals surface area contributed by atoms with Gasteiger partial charge in [0.2, 0.25) is 5.91 Å². The standard InChI is InChI=1S/C21H22F2N2O5/c1-29-13-5-3-12(4-6-13)10-25-11-18(24-21(27)28)15(9-19(25)26)20-16(22)7-14(30-2)8-17(20)23/h3-8,15,18,24H,9-11H2,1-2H3,(H,27,28). The molecule has 1 aliphatic heterocycles. The Morgan fingerprint density at radius 3 is 2.27 bits per heavy atom. The highest BCUT2D eigenvalue weighted by Gasteiger charge is 2.39. The van der Waals surface area contributed by atoms with E-state index in [1.165, 1.54) is 12.0 Å². The number of nitrogens with zero attached hydrogens (tertiary/aromatic N) is 1. The highest BCUT2D eigenvalue weighted by molar-refractivity contribution is 5.79. The number of rotatable bonds is 6. The molecule has 0 radical (unpaired) electrons. The van der Waals surface area contributed by atoms with Crippen molar-refractivity contribution in [2.24, 2.45) is 0 Å². The molecule has 2 aromatic carbocycles. The number of carboxylic acid groups (broad SMARTS) is 1. The number of hydrogen-bond acceptors (Lipinski definition) is 4. The van der Waals surface area contributed by atoms with Crippen LogP contribution in [0.4, 0.5) is 13.6 Å². The van der Waals surface area contributed by atoms with Crippen LogP contribution in [0.5, 0.6) is 11.5 Å². The summed E-state index contributed by atoms with van der Waals surface area (Å²) in [6.07, 6.45) is -1.57. The van der Waals surface area contributed by atoms with Crippen LogP contribution in [0, 0.1) is 11.6 Å². The molecular weight excluding hydrogens is 398 g/mol. The smallest absolute Gasteiger partial charge is 0.404 e. The molecule has 160 valence electrons. The maximum Gasteiger partial charge on any atom is 0.404 e. The van der Waals surface area contributed by atoms with Crippen molar-refractivity contribution in [2.45, 2.75) is 24.9 Å². The molecule has 2 aromatic rings. The van der Waals surface area contributed by atoms with E-state index in [9.17, 15) is 23.5 Å². The van der Waals surface area contributed by atoms with Gasteiger partial charge in [0.25, 0.3) is 0 Å². The van der Waals surface area contributed by atoms with Crippen LogP contribution >= 0.6 is 0 Å². The molecule has 9 heteroatoms. The molecule has 2 amide bonds. The molecule has 0 aliphatic carbocycles. The fourth-order valence-corrected chi connectivity index (χ4v) is 3.67. The third-order valence-corrected chi connectivity index (χ3v) is 5.15. The van der Waals surface area contributed by atoms with Gasteiger partial charge in [-0.1, -0.05) is 12.1 Å². The van der Waals surface area contributed by atoms with Crippen LogP contribution in [-0.4, -0.2) is 48.8 Å². The van der Waals surface area contributed by atoms with E-state index in [-0.39, 0.29) is 36.7 Å². The fraction of sp³-hybridized carbons (Fsp3) is 0.333. The minimum Gasteiger partial charge on any atom is -0.497 e. The van der Waals surface area contributed by atoms with Crippen molar-refractivity contribution in [3.8, 4) is 11.5 Å². The number of likely N-dealkylation sites (tertiary alicyclic amines) is 1. The van der Waals surface area contributed by atoms with Crippen molar-refractivity contribution in [1.82, 2.24) is 10.2 Å². The molecule has 1 fully saturated rings. The second-order valence-electron chi connectivity index (χ2n) is 6.99. The molecule has 0 saturated carbocycles. The lowest BCUT2D eigenvalue weighted by Gasteiger charge is -2.38. The van der Waals surface area contributed by atoms with Gasteiger partial charge in [0.05, 0.1) is 20.3 Å². The van der Waals surface area contributed by atoms with Gasteiger partial charge in [-0.15, -0.1) is 0 Å². The number of halogens is 2. The van der Waals surface area contributed by atoms with Crippen LogP contribution < -0.4 is 14.8 Å². The lowest BCUT2D eigenvalue weighted by molar-refractivity contribution is -0.135. The Hall–Kier alpha value is -3.36. The van der Waals surface area contributed by atoms with Crippen molar-refractivity contribution in [3.63, 3.8) is 0 Å². The Bertz CT molecular complexity index is 912. The maximum absolute atomic E-state index is 14.6. The minimum absolute atomic E-state index is 0.000220. The molecule has 1 heterocycles. The van der Waals surface area contributed by atoms with Crippen LogP contribution in [0.15, 0.2) is 36.4 Å². The highest BCUT2D eigenvalue weighted by Crippen LogP contribution is 2.35. The van der Waals surface area contributed by atoms with Crippen molar-refractivity contribution in [2.75, 3.05) is 20.8 Å². The number of hydrogen-bond donors (Lipinski definition) is 2. The summed E-state index contributed by atoms with van der Waals surface area (Å²) in [5.41, 5.74) is 0.491. The average Bonchev–Trinajstić information content (AvgIpc) is 2.70. The molecule has 2 unspecified atom stereocenters. The van der Waals surface area contributed by atoms with Crippen molar-refractivity contribution in [1.29, 1.82) is 0 Å². The first-order valence-electron chi connectivity index (χ1n) is 9.25. The topological polar surface area (TPSA) is 88.1 Å². The van der Waals surface area contributed by atoms with E-state index in [0.29, 0.717) is 5.75 Å². The molecular formula is C21H22F2N2O5. The van der Waals surface area contributed by atoms with Crippen LogP contribution in [0.25, 0.3) is 0 Å². The quantitative estimate of drug-likeness (QED) is 0.750. The number of piperidine rings is 1. The SMILES string of the molecule is COc1ccc(CN2CC(NC(=O)O)C(c3c(F)cc(OC)cc3F)CC2=O)cc1. The zero-order valence-electron chi connectivity index (χ0n) is 16.5. The first kappa shape index (κ1) is 21.4. The van der Waals surface area contributed by atoms with E-state index >= 15 is 0 Å². The predicted octanol–water partition coefficient (Wildman–Crippen LogP) is 3.13. The normalized spacial score (nSPS) is 18.8. The highest BCUT2D eigenvalue weighted by atomic mass is 19.1. The van der Waals surface area contributed by atoms with Gasteiger partial charge in [0.1, 0.15) is 23.1 Å². The summed E-state index contributed by atoms with van der Waals surface area (Å²) in [5, 5.41) is 11.5. The number of methoxy groups -OCH3 is 2. The molecule has 1 saturated heterocycles. The van der Waals surface area contributed by atoms with Gasteiger partial charge >= 0.3 is 6.09 Å². The van der Waals surface area contributed by atoms with Crippen molar-refractivity contribution < 1.29 is 33.0 Å². The molecule has 0 aromatic heterocycles. The summed E-state index contributed by atoms with van der Waals surface area (Å²) >= 11 is 0. The second kappa shape index (κ2) is 8.98. The van der Waals surface area contributed by atoms with E-state index in [0.717, 1.165) is 17.7 Å². The summed E-state index contributed by atoms with van der Waals surface area (Å²) in [4.78, 5) is 25.5. The van der Waals surface area contributed by atoms with Gasteiger partial charge in [-0.3, -0.25) is 4.79 Å². The third kappa shape index (κ3) is 4.61. The first-order valence-corrected chi connectivity index (χ1v) is 9.25. The molecule has 30 heavy (non-hydrogen) atoms. The Labute approximate surface area is 172 Å². The third-order valence-electron chi connectivity index (χ3n) is 5.15. The van der Waals surface area contributed by atoms with Gasteiger partial charge in [-0.05, 0) is 17.7 Å². The summed E-state index contributed by atoms with van der Waals surface area (Å²) in [5.74, 6) is -2.41. The largest absolute Gasteiger partial charge is 0.497 e. The van der Waals surface area contributed by atoms with Gasteiger partial charge < -0.3 is 24.8 Å². The van der Waals surface area contributed by atoms with Gasteiger partial charge in [-0.2, -0.15) is 0 Å². The second-order valence-corrected chi connectivity index (χ2v) is 6.99. The van der Waals surface area contributed by atoms with E-state index < -0.39 is 29.7 Å².